The van der Waals surface area contributed by atoms with E-state index in [0.717, 1.165) is 57.8 Å². The molecule has 0 spiro atoms. The van der Waals surface area contributed by atoms with Crippen LogP contribution in [-0.4, -0.2) is 36.5 Å². The number of esters is 2. The lowest BCUT2D eigenvalue weighted by molar-refractivity contribution is -0.211. The number of hydrogen-bond donors (Lipinski definition) is 1. The molecular formula is C35H55NO5. The number of fused-ring (bicyclic) bond motifs is 7. The van der Waals surface area contributed by atoms with E-state index in [4.69, 9.17) is 15.2 Å². The van der Waals surface area contributed by atoms with Crippen molar-refractivity contribution in [1.29, 1.82) is 0 Å². The average molecular weight is 570 g/mol. The van der Waals surface area contributed by atoms with Crippen molar-refractivity contribution >= 4 is 17.7 Å². The van der Waals surface area contributed by atoms with Gasteiger partial charge in [-0.25, -0.2) is 0 Å². The van der Waals surface area contributed by atoms with Crippen molar-refractivity contribution in [3.05, 3.63) is 11.6 Å². The minimum atomic E-state index is -0.639. The topological polar surface area (TPSA) is 95.7 Å². The maximum atomic E-state index is 14.6. The molecule has 5 aliphatic rings. The molecule has 5 rings (SSSR count). The quantitative estimate of drug-likeness (QED) is 0.375. The van der Waals surface area contributed by atoms with Gasteiger partial charge in [0.15, 0.2) is 5.78 Å². The summed E-state index contributed by atoms with van der Waals surface area (Å²) in [6.07, 6.45) is 10.3. The molecule has 10 atom stereocenters. The van der Waals surface area contributed by atoms with Crippen molar-refractivity contribution in [2.24, 2.45) is 56.0 Å². The van der Waals surface area contributed by atoms with Crippen molar-refractivity contribution in [2.45, 2.75) is 132 Å². The van der Waals surface area contributed by atoms with E-state index in [2.05, 4.69) is 54.5 Å². The molecule has 0 radical (unpaired) electrons. The highest BCUT2D eigenvalue weighted by Gasteiger charge is 2.70. The largest absolute Gasteiger partial charge is 0.466 e. The van der Waals surface area contributed by atoms with Gasteiger partial charge in [0.25, 0.3) is 0 Å². The van der Waals surface area contributed by atoms with Crippen LogP contribution in [0, 0.1) is 50.2 Å². The molecular weight excluding hydrogens is 514 g/mol. The number of ketones is 1. The summed E-state index contributed by atoms with van der Waals surface area (Å²) < 4.78 is 11.5. The second kappa shape index (κ2) is 9.66. The third kappa shape index (κ3) is 4.23. The fourth-order valence-electron chi connectivity index (χ4n) is 11.1. The van der Waals surface area contributed by atoms with Gasteiger partial charge in [-0.2, -0.15) is 0 Å². The molecule has 0 aromatic heterocycles. The summed E-state index contributed by atoms with van der Waals surface area (Å²) in [5.74, 6) is 0.261. The van der Waals surface area contributed by atoms with E-state index >= 15 is 0 Å². The summed E-state index contributed by atoms with van der Waals surface area (Å²) in [5, 5.41) is 0. The molecule has 0 saturated heterocycles. The van der Waals surface area contributed by atoms with Crippen molar-refractivity contribution in [3.8, 4) is 0 Å². The summed E-state index contributed by atoms with van der Waals surface area (Å²) in [4.78, 5) is 40.2. The highest BCUT2D eigenvalue weighted by molar-refractivity contribution is 5.95. The Morgan fingerprint density at radius 2 is 1.63 bits per heavy atom. The van der Waals surface area contributed by atoms with Crippen LogP contribution in [0.5, 0.6) is 0 Å². The fraction of sp³-hybridized carbons (Fsp3) is 0.857. The normalized spacial score (nSPS) is 47.5. The van der Waals surface area contributed by atoms with Crippen LogP contribution < -0.4 is 5.73 Å². The molecule has 4 saturated carbocycles. The van der Waals surface area contributed by atoms with E-state index in [1.165, 1.54) is 5.57 Å². The Kier molecular flexibility index (Phi) is 7.24. The Balaban J connectivity index is 1.53. The first-order chi connectivity index (χ1) is 18.9. The zero-order valence-electron chi connectivity index (χ0n) is 27.2. The number of allylic oxidation sites excluding steroid dienone is 2. The molecule has 6 heteroatoms. The van der Waals surface area contributed by atoms with E-state index in [1.54, 1.807) is 6.92 Å². The number of hydrogen-bond acceptors (Lipinski definition) is 6. The molecule has 0 bridgehead atoms. The number of carbonyl (C=O) groups excluding carboxylic acids is 3. The highest BCUT2D eigenvalue weighted by atomic mass is 16.5. The number of nitrogens with two attached hydrogens (primary N) is 1. The molecule has 0 amide bonds. The van der Waals surface area contributed by atoms with E-state index in [0.29, 0.717) is 6.61 Å². The predicted molar refractivity (Wildman–Crippen MR) is 160 cm³/mol. The van der Waals surface area contributed by atoms with Crippen molar-refractivity contribution < 1.29 is 23.9 Å². The van der Waals surface area contributed by atoms with Crippen LogP contribution in [0.15, 0.2) is 11.6 Å². The third-order valence-electron chi connectivity index (χ3n) is 13.9. The van der Waals surface area contributed by atoms with E-state index in [9.17, 15) is 14.4 Å². The zero-order valence-corrected chi connectivity index (χ0v) is 27.2. The zero-order chi connectivity index (χ0) is 30.4. The number of rotatable bonds is 4. The van der Waals surface area contributed by atoms with E-state index < -0.39 is 11.5 Å². The van der Waals surface area contributed by atoms with Crippen LogP contribution in [0.4, 0.5) is 0 Å². The van der Waals surface area contributed by atoms with Crippen LogP contribution in [0.3, 0.4) is 0 Å². The molecule has 0 aromatic rings. The van der Waals surface area contributed by atoms with Gasteiger partial charge < -0.3 is 15.2 Å². The van der Waals surface area contributed by atoms with Gasteiger partial charge in [-0.3, -0.25) is 14.4 Å². The first-order valence-electron chi connectivity index (χ1n) is 16.3. The minimum absolute atomic E-state index is 0.0729. The maximum Gasteiger partial charge on any atom is 0.322 e. The number of ether oxygens (including phenoxy) is 2. The van der Waals surface area contributed by atoms with Gasteiger partial charge in [-0.1, -0.05) is 47.1 Å². The van der Waals surface area contributed by atoms with Crippen LogP contribution in [-0.2, 0) is 23.9 Å². The first-order valence-corrected chi connectivity index (χ1v) is 16.3. The minimum Gasteiger partial charge on any atom is -0.466 e. The molecule has 0 aromatic carbocycles. The molecule has 0 aliphatic heterocycles. The Labute approximate surface area is 247 Å². The van der Waals surface area contributed by atoms with Crippen molar-refractivity contribution in [1.82, 2.24) is 0 Å². The molecule has 0 unspecified atom stereocenters. The van der Waals surface area contributed by atoms with Crippen LogP contribution >= 0.6 is 0 Å². The van der Waals surface area contributed by atoms with Crippen LogP contribution in [0.2, 0.25) is 0 Å². The smallest absolute Gasteiger partial charge is 0.322 e. The van der Waals surface area contributed by atoms with E-state index in [1.807, 2.05) is 6.92 Å². The molecule has 5 aliphatic carbocycles. The maximum absolute atomic E-state index is 14.6. The number of carbonyl (C=O) groups is 3. The van der Waals surface area contributed by atoms with Gasteiger partial charge >= 0.3 is 11.9 Å². The second-order valence-electron chi connectivity index (χ2n) is 16.5. The fourth-order valence-corrected chi connectivity index (χ4v) is 11.1. The molecule has 0 heterocycles. The van der Waals surface area contributed by atoms with Gasteiger partial charge in [0.05, 0.1) is 12.0 Å². The Morgan fingerprint density at radius 1 is 0.976 bits per heavy atom. The average Bonchev–Trinajstić information content (AvgIpc) is 2.88. The molecule has 4 fully saturated rings. The van der Waals surface area contributed by atoms with Gasteiger partial charge in [-0.15, -0.1) is 0 Å². The summed E-state index contributed by atoms with van der Waals surface area (Å²) >= 11 is 0. The summed E-state index contributed by atoms with van der Waals surface area (Å²) in [6, 6.07) is -0.639. The first kappa shape index (κ1) is 30.8. The van der Waals surface area contributed by atoms with Gasteiger partial charge in [0.2, 0.25) is 0 Å². The summed E-state index contributed by atoms with van der Waals surface area (Å²) in [6.45, 7) is 20.1. The monoisotopic (exact) mass is 569 g/mol. The Bertz CT molecular complexity index is 1160. The molecule has 6 nitrogen and oxygen atoms in total. The standard InChI is InChI=1S/C35H55NO5/c1-10-40-29(39)32(6)16-15-31(5)17-18-34(8)22(23(31)20-32)19-24(37)27-33(7)13-12-26(41-28(38)21(2)36)30(3,4)25(33)11-14-35(27,34)9/h19,21,23,25-27H,10-18,20,36H2,1-9H3/t21-,23-,25-,26-,27+,31+,32-,33-,34+,35+/m0/s1. The Hall–Kier alpha value is -1.69. The predicted octanol–water partition coefficient (Wildman–Crippen LogP) is 6.79. The summed E-state index contributed by atoms with van der Waals surface area (Å²) in [5.41, 5.74) is 6.07. The summed E-state index contributed by atoms with van der Waals surface area (Å²) in [7, 11) is 0. The van der Waals surface area contributed by atoms with Crippen molar-refractivity contribution in [2.75, 3.05) is 6.61 Å². The van der Waals surface area contributed by atoms with Gasteiger partial charge in [0.1, 0.15) is 12.1 Å². The molecule has 230 valence electrons. The van der Waals surface area contributed by atoms with Gasteiger partial charge in [0, 0.05) is 11.3 Å². The van der Waals surface area contributed by atoms with Crippen molar-refractivity contribution in [3.63, 3.8) is 0 Å². The van der Waals surface area contributed by atoms with Crippen LogP contribution in [0.1, 0.15) is 120 Å². The Morgan fingerprint density at radius 3 is 2.27 bits per heavy atom. The molecule has 41 heavy (non-hydrogen) atoms. The highest BCUT2D eigenvalue weighted by Crippen LogP contribution is 2.75. The SMILES string of the molecule is CCOC(=O)[C@@]1(C)CC[C@]2(C)CC[C@]3(C)C(=CC(=O)[C@@H]4[C@@]5(C)CC[C@H](OC(=O)[C@H](C)N)C(C)(C)[C@@H]5CC[C@]43C)[C@@H]2C1. The lowest BCUT2D eigenvalue weighted by Crippen LogP contribution is -2.67. The lowest BCUT2D eigenvalue weighted by atomic mass is 9.33. The lowest BCUT2D eigenvalue weighted by Gasteiger charge is -2.70. The third-order valence-corrected chi connectivity index (χ3v) is 13.9. The van der Waals surface area contributed by atoms with Crippen LogP contribution in [0.25, 0.3) is 0 Å². The molecule has 2 N–H and O–H groups in total. The second-order valence-corrected chi connectivity index (χ2v) is 16.5. The van der Waals surface area contributed by atoms with Gasteiger partial charge in [-0.05, 0) is 118 Å². The van der Waals surface area contributed by atoms with E-state index in [-0.39, 0.29) is 68.7 Å².